The molecule has 1 aromatic rings. The maximum atomic E-state index is 11.4. The van der Waals surface area contributed by atoms with Crippen LogP contribution in [0, 0.1) is 11.3 Å². The molecule has 0 aliphatic carbocycles. The van der Waals surface area contributed by atoms with Crippen molar-refractivity contribution >= 4 is 5.91 Å². The number of carbonyl (C=O) groups excluding carboxylic acids is 1. The second-order valence-electron chi connectivity index (χ2n) is 5.16. The second-order valence-corrected chi connectivity index (χ2v) is 5.16. The zero-order valence-corrected chi connectivity index (χ0v) is 12.4. The molecule has 5 heteroatoms. The van der Waals surface area contributed by atoms with Crippen molar-refractivity contribution in [2.75, 3.05) is 39.3 Å². The van der Waals surface area contributed by atoms with E-state index in [1.165, 1.54) is 0 Å². The zero-order chi connectivity index (χ0) is 15.1. The van der Waals surface area contributed by atoms with Gasteiger partial charge in [-0.15, -0.1) is 0 Å². The molecule has 1 aliphatic heterocycles. The highest BCUT2D eigenvalue weighted by Gasteiger charge is 2.16. The van der Waals surface area contributed by atoms with Crippen molar-refractivity contribution in [1.29, 1.82) is 5.26 Å². The Morgan fingerprint density at radius 2 is 2.10 bits per heavy atom. The molecule has 5 nitrogen and oxygen atoms in total. The van der Waals surface area contributed by atoms with Crippen LogP contribution in [0.1, 0.15) is 18.9 Å². The second kappa shape index (κ2) is 7.65. The van der Waals surface area contributed by atoms with Crippen LogP contribution in [0.25, 0.3) is 0 Å². The summed E-state index contributed by atoms with van der Waals surface area (Å²) in [5, 5.41) is 9.01. The van der Waals surface area contributed by atoms with Crippen LogP contribution in [-0.2, 0) is 4.79 Å². The van der Waals surface area contributed by atoms with E-state index in [9.17, 15) is 4.79 Å². The molecule has 21 heavy (non-hydrogen) atoms. The van der Waals surface area contributed by atoms with Crippen LogP contribution in [0.3, 0.4) is 0 Å². The fourth-order valence-corrected chi connectivity index (χ4v) is 2.48. The van der Waals surface area contributed by atoms with Gasteiger partial charge in [-0.25, -0.2) is 0 Å². The van der Waals surface area contributed by atoms with Crippen LogP contribution in [-0.4, -0.2) is 55.0 Å². The molecule has 1 fully saturated rings. The summed E-state index contributed by atoms with van der Waals surface area (Å²) in [6.45, 7) is 6.46. The average molecular weight is 287 g/mol. The Bertz CT molecular complexity index is 524. The number of amides is 1. The van der Waals surface area contributed by atoms with E-state index in [0.717, 1.165) is 39.1 Å². The number of para-hydroxylation sites is 1. The minimum atomic E-state index is 0.149. The lowest BCUT2D eigenvalue weighted by Crippen LogP contribution is -2.35. The predicted octanol–water partition coefficient (Wildman–Crippen LogP) is 1.49. The molecule has 1 saturated heterocycles. The Morgan fingerprint density at radius 1 is 1.29 bits per heavy atom. The van der Waals surface area contributed by atoms with Crippen molar-refractivity contribution in [2.24, 2.45) is 0 Å². The summed E-state index contributed by atoms with van der Waals surface area (Å²) < 4.78 is 5.70. The van der Waals surface area contributed by atoms with Crippen LogP contribution in [0.15, 0.2) is 24.3 Å². The fourth-order valence-electron chi connectivity index (χ4n) is 2.48. The van der Waals surface area contributed by atoms with Gasteiger partial charge >= 0.3 is 0 Å². The first kappa shape index (κ1) is 15.3. The monoisotopic (exact) mass is 287 g/mol. The summed E-state index contributed by atoms with van der Waals surface area (Å²) >= 11 is 0. The van der Waals surface area contributed by atoms with Gasteiger partial charge in [0.1, 0.15) is 18.4 Å². The third kappa shape index (κ3) is 4.47. The SMILES string of the molecule is CC(=O)N1CCCN(CCOc2ccccc2C#N)CC1. The Labute approximate surface area is 125 Å². The van der Waals surface area contributed by atoms with Crippen LogP contribution in [0.5, 0.6) is 5.75 Å². The molecule has 2 rings (SSSR count). The summed E-state index contributed by atoms with van der Waals surface area (Å²) in [6.07, 6.45) is 0.994. The maximum absolute atomic E-state index is 11.4. The molecule has 1 heterocycles. The number of carbonyl (C=O) groups is 1. The summed E-state index contributed by atoms with van der Waals surface area (Å²) in [4.78, 5) is 15.6. The number of rotatable bonds is 4. The molecule has 0 bridgehead atoms. The van der Waals surface area contributed by atoms with Gasteiger partial charge < -0.3 is 9.64 Å². The van der Waals surface area contributed by atoms with E-state index in [0.29, 0.717) is 17.9 Å². The minimum Gasteiger partial charge on any atom is -0.491 e. The largest absolute Gasteiger partial charge is 0.491 e. The highest BCUT2D eigenvalue weighted by atomic mass is 16.5. The quantitative estimate of drug-likeness (QED) is 0.842. The Hall–Kier alpha value is -2.06. The molecule has 1 amide bonds. The van der Waals surface area contributed by atoms with E-state index in [1.54, 1.807) is 13.0 Å². The molecule has 0 atom stereocenters. The molecular formula is C16H21N3O2. The molecule has 0 aromatic heterocycles. The third-order valence-electron chi connectivity index (χ3n) is 3.71. The Morgan fingerprint density at radius 3 is 2.86 bits per heavy atom. The lowest BCUT2D eigenvalue weighted by molar-refractivity contribution is -0.128. The number of hydrogen-bond donors (Lipinski definition) is 0. The number of benzene rings is 1. The first-order chi connectivity index (χ1) is 10.2. The predicted molar refractivity (Wildman–Crippen MR) is 80.0 cm³/mol. The number of nitrogens with zero attached hydrogens (tertiary/aromatic N) is 3. The molecule has 0 unspecified atom stereocenters. The highest BCUT2D eigenvalue weighted by Crippen LogP contribution is 2.16. The van der Waals surface area contributed by atoms with Gasteiger partial charge in [0.25, 0.3) is 0 Å². The number of hydrogen-bond acceptors (Lipinski definition) is 4. The van der Waals surface area contributed by atoms with Gasteiger partial charge in [-0.2, -0.15) is 5.26 Å². The molecule has 0 N–H and O–H groups in total. The van der Waals surface area contributed by atoms with E-state index in [2.05, 4.69) is 11.0 Å². The standard InChI is InChI=1S/C16H21N3O2/c1-14(20)19-8-4-7-18(9-10-19)11-12-21-16-6-3-2-5-15(16)13-17/h2-3,5-6H,4,7-12H2,1H3. The third-order valence-corrected chi connectivity index (χ3v) is 3.71. The van der Waals surface area contributed by atoms with Gasteiger partial charge in [0.2, 0.25) is 5.91 Å². The number of ether oxygens (including phenoxy) is 1. The van der Waals surface area contributed by atoms with Crippen LogP contribution in [0.4, 0.5) is 0 Å². The summed E-state index contributed by atoms with van der Waals surface area (Å²) in [7, 11) is 0. The van der Waals surface area contributed by atoms with Crippen molar-refractivity contribution < 1.29 is 9.53 Å². The van der Waals surface area contributed by atoms with E-state index < -0.39 is 0 Å². The van der Waals surface area contributed by atoms with Gasteiger partial charge in [0, 0.05) is 39.6 Å². The molecule has 1 aliphatic rings. The summed E-state index contributed by atoms with van der Waals surface area (Å²) in [6, 6.07) is 9.40. The molecule has 0 radical (unpaired) electrons. The average Bonchev–Trinajstić information content (AvgIpc) is 2.73. The number of nitriles is 1. The van der Waals surface area contributed by atoms with Gasteiger partial charge in [0.05, 0.1) is 5.56 Å². The zero-order valence-electron chi connectivity index (χ0n) is 12.4. The van der Waals surface area contributed by atoms with Gasteiger partial charge in [-0.1, -0.05) is 12.1 Å². The van der Waals surface area contributed by atoms with Crippen LogP contribution < -0.4 is 4.74 Å². The Balaban J connectivity index is 1.79. The normalized spacial score (nSPS) is 16.1. The summed E-state index contributed by atoms with van der Waals surface area (Å²) in [5.41, 5.74) is 0.566. The van der Waals surface area contributed by atoms with Gasteiger partial charge in [-0.3, -0.25) is 9.69 Å². The lowest BCUT2D eigenvalue weighted by Gasteiger charge is -2.21. The van der Waals surface area contributed by atoms with E-state index in [4.69, 9.17) is 10.00 Å². The molecule has 1 aromatic carbocycles. The molecule has 0 saturated carbocycles. The summed E-state index contributed by atoms with van der Waals surface area (Å²) in [5.74, 6) is 0.788. The van der Waals surface area contributed by atoms with Crippen molar-refractivity contribution in [3.63, 3.8) is 0 Å². The topological polar surface area (TPSA) is 56.6 Å². The smallest absolute Gasteiger partial charge is 0.219 e. The molecule has 0 spiro atoms. The van der Waals surface area contributed by atoms with Crippen LogP contribution >= 0.6 is 0 Å². The highest BCUT2D eigenvalue weighted by molar-refractivity contribution is 5.73. The minimum absolute atomic E-state index is 0.149. The van der Waals surface area contributed by atoms with E-state index >= 15 is 0 Å². The van der Waals surface area contributed by atoms with Crippen molar-refractivity contribution in [1.82, 2.24) is 9.80 Å². The van der Waals surface area contributed by atoms with Crippen LogP contribution in [0.2, 0.25) is 0 Å². The van der Waals surface area contributed by atoms with Crippen molar-refractivity contribution in [2.45, 2.75) is 13.3 Å². The fraction of sp³-hybridized carbons (Fsp3) is 0.500. The Kier molecular flexibility index (Phi) is 5.59. The lowest BCUT2D eigenvalue weighted by atomic mass is 10.2. The van der Waals surface area contributed by atoms with Crippen molar-refractivity contribution in [3.8, 4) is 11.8 Å². The molecule has 112 valence electrons. The van der Waals surface area contributed by atoms with Gasteiger partial charge in [-0.05, 0) is 18.6 Å². The van der Waals surface area contributed by atoms with Crippen molar-refractivity contribution in [3.05, 3.63) is 29.8 Å². The van der Waals surface area contributed by atoms with E-state index in [-0.39, 0.29) is 5.91 Å². The molecular weight excluding hydrogens is 266 g/mol. The van der Waals surface area contributed by atoms with Gasteiger partial charge in [0.15, 0.2) is 0 Å². The maximum Gasteiger partial charge on any atom is 0.219 e. The first-order valence-corrected chi connectivity index (χ1v) is 7.30. The first-order valence-electron chi connectivity index (χ1n) is 7.30. The van der Waals surface area contributed by atoms with E-state index in [1.807, 2.05) is 23.1 Å².